The zero-order valence-corrected chi connectivity index (χ0v) is 14.1. The predicted molar refractivity (Wildman–Crippen MR) is 70.0 cm³/mol. The summed E-state index contributed by atoms with van der Waals surface area (Å²) in [6.45, 7) is 6.28. The third-order valence-corrected chi connectivity index (χ3v) is 4.20. The van der Waals surface area contributed by atoms with Gasteiger partial charge in [0.15, 0.2) is 0 Å². The molecule has 0 heterocycles. The number of rotatable bonds is 11. The molecule has 0 saturated heterocycles. The Morgan fingerprint density at radius 3 is 1.63 bits per heavy atom. The van der Waals surface area contributed by atoms with Gasteiger partial charge in [0.2, 0.25) is 0 Å². The molecule has 0 aliphatic carbocycles. The molecule has 0 rings (SSSR count). The average molecular weight is 308 g/mol. The molecule has 0 unspecified atom stereocenters. The van der Waals surface area contributed by atoms with E-state index in [1.165, 1.54) is 0 Å². The Bertz CT molecular complexity index is 257. The van der Waals surface area contributed by atoms with Crippen LogP contribution in [0.15, 0.2) is 0 Å². The van der Waals surface area contributed by atoms with Crippen LogP contribution in [0.5, 0.6) is 0 Å². The van der Waals surface area contributed by atoms with Gasteiger partial charge in [-0.15, -0.1) is 0 Å². The molecule has 0 radical (unpaired) electrons. The van der Waals surface area contributed by atoms with E-state index in [2.05, 4.69) is 20.8 Å². The van der Waals surface area contributed by atoms with Gasteiger partial charge in [0.05, 0.1) is 0 Å². The molecule has 5 heteroatoms. The van der Waals surface area contributed by atoms with Gasteiger partial charge in [-0.2, -0.15) is 0 Å². The van der Waals surface area contributed by atoms with Gasteiger partial charge >= 0.3 is 124 Å². The second kappa shape index (κ2) is 10.7. The molecule has 0 aromatic rings. The Hall–Kier alpha value is -0.0557. The molecule has 0 spiro atoms. The number of hydrogen-bond donors (Lipinski definition) is 1. The van der Waals surface area contributed by atoms with E-state index < -0.39 is 30.0 Å². The average Bonchev–Trinajstić information content (AvgIpc) is 2.37. The molecule has 0 aromatic heterocycles. The van der Waals surface area contributed by atoms with Crippen molar-refractivity contribution in [2.75, 3.05) is 0 Å². The van der Waals surface area contributed by atoms with Crippen molar-refractivity contribution < 1.29 is 33.7 Å². The summed E-state index contributed by atoms with van der Waals surface area (Å²) in [6.07, 6.45) is 8.26. The number of hydrogen-bond acceptors (Lipinski definition) is 3. The minimum absolute atomic E-state index is 0.435. The van der Waals surface area contributed by atoms with Crippen LogP contribution in [-0.2, 0) is 30.1 Å². The molecule has 0 aromatic carbocycles. The summed E-state index contributed by atoms with van der Waals surface area (Å²) in [5.41, 5.74) is -0.534. The van der Waals surface area contributed by atoms with Gasteiger partial charge < -0.3 is 0 Å². The van der Waals surface area contributed by atoms with Crippen LogP contribution >= 0.6 is 0 Å². The summed E-state index contributed by atoms with van der Waals surface area (Å²) in [5.74, 6) is -0.435. The summed E-state index contributed by atoms with van der Waals surface area (Å²) in [5, 5.41) is 0. The van der Waals surface area contributed by atoms with Crippen molar-refractivity contribution in [2.45, 2.75) is 78.6 Å². The zero-order chi connectivity index (χ0) is 14.7. The first-order valence-electron chi connectivity index (χ1n) is 7.47. The predicted octanol–water partition coefficient (Wildman–Crippen LogP) is 3.87. The fraction of sp³-hybridized carbons (Fsp3) is 0.929. The molecular weight excluding hydrogens is 280 g/mol. The van der Waals surface area contributed by atoms with Gasteiger partial charge in [0.1, 0.15) is 0 Å². The van der Waals surface area contributed by atoms with Gasteiger partial charge in [-0.25, -0.2) is 0 Å². The van der Waals surface area contributed by atoms with Crippen molar-refractivity contribution >= 4 is 5.97 Å². The molecule has 0 atom stereocenters. The second-order valence-corrected chi connectivity index (χ2v) is 6.40. The summed E-state index contributed by atoms with van der Waals surface area (Å²) < 4.78 is 24.5. The fourth-order valence-corrected chi connectivity index (χ4v) is 3.00. The van der Waals surface area contributed by atoms with Crippen molar-refractivity contribution in [1.29, 1.82) is 0 Å². The third-order valence-electron chi connectivity index (χ3n) is 3.64. The monoisotopic (exact) mass is 308 g/mol. The molecule has 0 bridgehead atoms. The van der Waals surface area contributed by atoms with Gasteiger partial charge in [-0.05, 0) is 0 Å². The van der Waals surface area contributed by atoms with Crippen molar-refractivity contribution in [3.63, 3.8) is 0 Å². The Morgan fingerprint density at radius 1 is 1.00 bits per heavy atom. The van der Waals surface area contributed by atoms with Crippen LogP contribution in [0.4, 0.5) is 0 Å². The molecule has 0 fully saturated rings. The normalized spacial score (nSPS) is 11.4. The zero-order valence-electron chi connectivity index (χ0n) is 12.5. The van der Waals surface area contributed by atoms with E-state index >= 15 is 0 Å². The molecule has 112 valence electrons. The molecule has 1 N–H and O–H groups in total. The first-order chi connectivity index (χ1) is 9.02. The van der Waals surface area contributed by atoms with E-state index in [1.807, 2.05) is 0 Å². The van der Waals surface area contributed by atoms with E-state index in [9.17, 15) is 8.12 Å². The van der Waals surface area contributed by atoms with E-state index in [0.29, 0.717) is 0 Å². The Morgan fingerprint density at radius 2 is 1.37 bits per heavy atom. The quantitative estimate of drug-likeness (QED) is 0.588. The van der Waals surface area contributed by atoms with Crippen LogP contribution in [0.1, 0.15) is 78.6 Å². The molecule has 0 amide bonds. The number of carbonyl (C=O) groups is 1. The first-order valence-corrected chi connectivity index (χ1v) is 9.45. The number of unbranched alkanes of at least 4 members (excludes halogenated alkanes) is 3. The first kappa shape index (κ1) is 18.9. The van der Waals surface area contributed by atoms with Gasteiger partial charge in [0, 0.05) is 0 Å². The van der Waals surface area contributed by atoms with Crippen molar-refractivity contribution in [1.82, 2.24) is 0 Å². The molecule has 0 saturated carbocycles. The molecule has 0 aliphatic rings. The van der Waals surface area contributed by atoms with Crippen LogP contribution in [0.25, 0.3) is 0 Å². The van der Waals surface area contributed by atoms with Crippen LogP contribution in [0.2, 0.25) is 0 Å². The van der Waals surface area contributed by atoms with Gasteiger partial charge in [-0.3, -0.25) is 0 Å². The summed E-state index contributed by atoms with van der Waals surface area (Å²) >= 11 is -3.78. The SMILES string of the molecule is CCCCC(CCCC)(CCCC)C(=O)[O][Ti](=[O])[OH]. The van der Waals surface area contributed by atoms with Crippen LogP contribution in [0.3, 0.4) is 0 Å². The van der Waals surface area contributed by atoms with E-state index in [0.717, 1.165) is 57.8 Å². The second-order valence-electron chi connectivity index (χ2n) is 5.25. The van der Waals surface area contributed by atoms with Gasteiger partial charge in [-0.1, -0.05) is 0 Å². The van der Waals surface area contributed by atoms with E-state index in [1.54, 1.807) is 0 Å². The maximum absolute atomic E-state index is 12.3. The molecule has 4 nitrogen and oxygen atoms in total. The van der Waals surface area contributed by atoms with E-state index in [-0.39, 0.29) is 0 Å². The topological polar surface area (TPSA) is 63.6 Å². The van der Waals surface area contributed by atoms with Crippen LogP contribution in [-0.4, -0.2) is 9.66 Å². The maximum atomic E-state index is 12.3. The van der Waals surface area contributed by atoms with Crippen LogP contribution < -0.4 is 0 Å². The standard InChI is InChI=1S/C14H28O2.H2O.O.Ti/c1-4-7-10-14(13(15)16,11-8-5-2)12-9-6-3;;;/h4-12H2,1-3H3,(H,15,16);1H2;;/q;;;+2/p-2. The van der Waals surface area contributed by atoms with Crippen molar-refractivity contribution in [3.8, 4) is 0 Å². The third kappa shape index (κ3) is 7.33. The van der Waals surface area contributed by atoms with Gasteiger partial charge in [0.25, 0.3) is 0 Å². The summed E-state index contributed by atoms with van der Waals surface area (Å²) in [7, 11) is 0. The summed E-state index contributed by atoms with van der Waals surface area (Å²) in [6, 6.07) is 0. The minimum atomic E-state index is -3.78. The Balaban J connectivity index is 4.95. The van der Waals surface area contributed by atoms with E-state index in [4.69, 9.17) is 7.01 Å². The van der Waals surface area contributed by atoms with Crippen molar-refractivity contribution in [2.24, 2.45) is 5.41 Å². The molecule has 0 aliphatic heterocycles. The Kier molecular flexibility index (Phi) is 10.7. The van der Waals surface area contributed by atoms with Crippen molar-refractivity contribution in [3.05, 3.63) is 0 Å². The fourth-order valence-electron chi connectivity index (χ4n) is 2.41. The van der Waals surface area contributed by atoms with Crippen LogP contribution in [0, 0.1) is 5.41 Å². The molecular formula is C14H28O4Ti. The summed E-state index contributed by atoms with van der Waals surface area (Å²) in [4.78, 5) is 12.3. The Labute approximate surface area is 124 Å². The number of carbonyl (C=O) groups excluding carboxylic acids is 1. The molecule has 19 heavy (non-hydrogen) atoms.